The average Bonchev–Trinajstić information content (AvgIpc) is 2.60. The van der Waals surface area contributed by atoms with Crippen molar-refractivity contribution in [2.75, 3.05) is 0 Å². The fraction of sp³-hybridized carbons (Fsp3) is 0.714. The van der Waals surface area contributed by atoms with Crippen molar-refractivity contribution in [1.82, 2.24) is 0 Å². The molecule has 0 unspecified atom stereocenters. The Bertz CT molecular complexity index is 525. The van der Waals surface area contributed by atoms with Crippen LogP contribution in [0.2, 0.25) is 24.2 Å². The normalized spacial score (nSPS) is 30.6. The highest BCUT2D eigenvalue weighted by molar-refractivity contribution is 6.80. The van der Waals surface area contributed by atoms with Crippen LogP contribution in [-0.4, -0.2) is 8.07 Å². The van der Waals surface area contributed by atoms with Crippen LogP contribution in [0.3, 0.4) is 0 Å². The Morgan fingerprint density at radius 1 is 0.917 bits per heavy atom. The van der Waals surface area contributed by atoms with E-state index >= 15 is 0 Å². The van der Waals surface area contributed by atoms with Gasteiger partial charge in [-0.1, -0.05) is 75.7 Å². The molecule has 2 heterocycles. The number of unbranched alkanes of at least 4 members (excludes halogenated alkanes) is 2. The molecule has 0 atom stereocenters. The lowest BCUT2D eigenvalue weighted by atomic mass is 9.93. The minimum atomic E-state index is -1.03. The quantitative estimate of drug-likeness (QED) is 0.386. The molecule has 24 heavy (non-hydrogen) atoms. The lowest BCUT2D eigenvalue weighted by Crippen LogP contribution is -2.41. The Balaban J connectivity index is 1.49. The smallest absolute Gasteiger partial charge is 0.159 e. The van der Waals surface area contributed by atoms with Gasteiger partial charge in [0.1, 0.15) is 0 Å². The van der Waals surface area contributed by atoms with Gasteiger partial charge in [-0.2, -0.15) is 0 Å². The molecule has 2 fully saturated rings. The molecule has 2 saturated heterocycles. The van der Waals surface area contributed by atoms with E-state index in [1.165, 1.54) is 87.7 Å². The molecule has 1 aromatic carbocycles. The lowest BCUT2D eigenvalue weighted by molar-refractivity contribution is 0.407. The van der Waals surface area contributed by atoms with E-state index in [0.29, 0.717) is 5.92 Å². The SMILES string of the molecule is CCCCCC1CC[Si]2(CC1)CCC(c1ccc(F)c(F)c1)CC2. The minimum Gasteiger partial charge on any atom is -0.204 e. The molecule has 0 amide bonds. The van der Waals surface area contributed by atoms with E-state index in [9.17, 15) is 8.78 Å². The second-order valence-electron chi connectivity index (χ2n) is 8.39. The summed E-state index contributed by atoms with van der Waals surface area (Å²) in [5, 5.41) is 0. The number of rotatable bonds is 5. The summed E-state index contributed by atoms with van der Waals surface area (Å²) in [6.07, 6.45) is 11.0. The summed E-state index contributed by atoms with van der Waals surface area (Å²) < 4.78 is 26.6. The van der Waals surface area contributed by atoms with Gasteiger partial charge >= 0.3 is 0 Å². The first-order valence-corrected chi connectivity index (χ1v) is 12.9. The maximum Gasteiger partial charge on any atom is 0.159 e. The van der Waals surface area contributed by atoms with E-state index in [0.717, 1.165) is 11.5 Å². The van der Waals surface area contributed by atoms with Crippen LogP contribution in [0.4, 0.5) is 8.78 Å². The van der Waals surface area contributed by atoms with Gasteiger partial charge in [0.2, 0.25) is 0 Å². The van der Waals surface area contributed by atoms with Gasteiger partial charge in [-0.05, 0) is 42.4 Å². The molecule has 0 nitrogen and oxygen atoms in total. The summed E-state index contributed by atoms with van der Waals surface area (Å²) in [6, 6.07) is 10.4. The lowest BCUT2D eigenvalue weighted by Gasteiger charge is -2.43. The highest BCUT2D eigenvalue weighted by Gasteiger charge is 2.40. The van der Waals surface area contributed by atoms with E-state index in [4.69, 9.17) is 0 Å². The molecule has 0 bridgehead atoms. The van der Waals surface area contributed by atoms with E-state index in [-0.39, 0.29) is 0 Å². The van der Waals surface area contributed by atoms with E-state index in [1.54, 1.807) is 6.07 Å². The zero-order chi connectivity index (χ0) is 17.0. The van der Waals surface area contributed by atoms with Crippen LogP contribution in [0.1, 0.15) is 69.8 Å². The van der Waals surface area contributed by atoms with Gasteiger partial charge in [-0.15, -0.1) is 0 Å². The summed E-state index contributed by atoms with van der Waals surface area (Å²) >= 11 is 0. The Morgan fingerprint density at radius 2 is 1.58 bits per heavy atom. The molecule has 1 spiro atoms. The van der Waals surface area contributed by atoms with Crippen molar-refractivity contribution in [3.8, 4) is 0 Å². The van der Waals surface area contributed by atoms with E-state index < -0.39 is 19.7 Å². The predicted molar refractivity (Wildman–Crippen MR) is 100 cm³/mol. The Morgan fingerprint density at radius 3 is 2.21 bits per heavy atom. The second kappa shape index (κ2) is 8.12. The van der Waals surface area contributed by atoms with Gasteiger partial charge in [0.15, 0.2) is 11.6 Å². The second-order valence-corrected chi connectivity index (χ2v) is 13.4. The molecule has 0 radical (unpaired) electrons. The molecule has 2 aliphatic rings. The predicted octanol–water partition coefficient (Wildman–Crippen LogP) is 7.28. The molecular weight excluding hydrogens is 318 g/mol. The summed E-state index contributed by atoms with van der Waals surface area (Å²) in [7, 11) is -1.03. The first kappa shape index (κ1) is 18.1. The zero-order valence-corrected chi connectivity index (χ0v) is 16.1. The third-order valence-electron chi connectivity index (χ3n) is 6.84. The fourth-order valence-electron chi connectivity index (χ4n) is 5.09. The van der Waals surface area contributed by atoms with Crippen molar-refractivity contribution in [3.05, 3.63) is 35.4 Å². The maximum atomic E-state index is 13.5. The minimum absolute atomic E-state index is 0.459. The van der Waals surface area contributed by atoms with Crippen molar-refractivity contribution in [2.24, 2.45) is 5.92 Å². The molecule has 3 rings (SSSR count). The van der Waals surface area contributed by atoms with Crippen LogP contribution in [0.15, 0.2) is 18.2 Å². The van der Waals surface area contributed by atoms with Crippen molar-refractivity contribution >= 4 is 8.07 Å². The van der Waals surface area contributed by atoms with Gasteiger partial charge in [-0.25, -0.2) is 8.78 Å². The number of hydrogen-bond acceptors (Lipinski definition) is 0. The van der Waals surface area contributed by atoms with Crippen molar-refractivity contribution in [3.63, 3.8) is 0 Å². The summed E-state index contributed by atoms with van der Waals surface area (Å²) in [4.78, 5) is 0. The Hall–Kier alpha value is -0.703. The van der Waals surface area contributed by atoms with Crippen molar-refractivity contribution in [1.29, 1.82) is 0 Å². The molecule has 0 N–H and O–H groups in total. The molecule has 0 saturated carbocycles. The summed E-state index contributed by atoms with van der Waals surface area (Å²) in [6.45, 7) is 2.29. The van der Waals surface area contributed by atoms with Gasteiger partial charge in [0, 0.05) is 0 Å². The summed E-state index contributed by atoms with van der Waals surface area (Å²) in [5.41, 5.74) is 1.02. The highest BCUT2D eigenvalue weighted by Crippen LogP contribution is 2.47. The molecule has 3 heteroatoms. The van der Waals surface area contributed by atoms with Crippen LogP contribution in [0.25, 0.3) is 0 Å². The number of hydrogen-bond donors (Lipinski definition) is 0. The summed E-state index contributed by atoms with van der Waals surface area (Å²) in [5.74, 6) is 0.0542. The monoisotopic (exact) mass is 350 g/mol. The molecule has 0 aromatic heterocycles. The zero-order valence-electron chi connectivity index (χ0n) is 15.1. The molecule has 0 aliphatic carbocycles. The topological polar surface area (TPSA) is 0 Å². The first-order valence-electron chi connectivity index (χ1n) is 10.1. The fourth-order valence-corrected chi connectivity index (χ4v) is 10.6. The van der Waals surface area contributed by atoms with E-state index in [1.807, 2.05) is 0 Å². The van der Waals surface area contributed by atoms with Gasteiger partial charge in [-0.3, -0.25) is 0 Å². The third kappa shape index (κ3) is 4.28. The largest absolute Gasteiger partial charge is 0.204 e. The molecule has 2 aliphatic heterocycles. The van der Waals surface area contributed by atoms with E-state index in [2.05, 4.69) is 6.92 Å². The molecular formula is C21H32F2Si. The third-order valence-corrected chi connectivity index (χ3v) is 12.2. The van der Waals surface area contributed by atoms with Crippen molar-refractivity contribution < 1.29 is 8.78 Å². The van der Waals surface area contributed by atoms with Gasteiger partial charge < -0.3 is 0 Å². The van der Waals surface area contributed by atoms with Gasteiger partial charge in [0.05, 0.1) is 8.07 Å². The van der Waals surface area contributed by atoms with Crippen LogP contribution >= 0.6 is 0 Å². The first-order chi connectivity index (χ1) is 11.6. The van der Waals surface area contributed by atoms with Gasteiger partial charge in [0.25, 0.3) is 0 Å². The molecule has 134 valence electrons. The Labute approximate surface area is 147 Å². The van der Waals surface area contributed by atoms with Crippen LogP contribution in [0.5, 0.6) is 0 Å². The van der Waals surface area contributed by atoms with Crippen LogP contribution < -0.4 is 0 Å². The van der Waals surface area contributed by atoms with Crippen molar-refractivity contribution in [2.45, 2.75) is 88.4 Å². The number of halogens is 2. The molecule has 1 aromatic rings. The Kier molecular flexibility index (Phi) is 6.12. The standard InChI is InChI=1S/C21H32F2Si/c1-2-3-4-5-17-8-12-24(13-9-17)14-10-18(11-15-24)19-6-7-20(22)21(23)16-19/h6-7,16-18H,2-5,8-15H2,1H3. The van der Waals surface area contributed by atoms with Crippen LogP contribution in [0, 0.1) is 17.6 Å². The van der Waals surface area contributed by atoms with Crippen LogP contribution in [-0.2, 0) is 0 Å². The maximum absolute atomic E-state index is 13.5. The average molecular weight is 351 g/mol. The number of benzene rings is 1. The highest BCUT2D eigenvalue weighted by atomic mass is 28.3.